The van der Waals surface area contributed by atoms with E-state index >= 15 is 0 Å². The lowest BCUT2D eigenvalue weighted by atomic mass is 9.87. The Hall–Kier alpha value is -3.34. The fourth-order valence-corrected chi connectivity index (χ4v) is 8.89. The summed E-state index contributed by atoms with van der Waals surface area (Å²) in [5.41, 5.74) is -0.573. The van der Waals surface area contributed by atoms with Gasteiger partial charge in [0.2, 0.25) is 17.6 Å². The summed E-state index contributed by atoms with van der Waals surface area (Å²) < 4.78 is 33.7. The molecule has 0 unspecified atom stereocenters. The second kappa shape index (κ2) is 19.7. The Bertz CT molecular complexity index is 1490. The number of sulfonamides is 1. The molecule has 3 rings (SSSR count). The molecule has 5 amide bonds. The van der Waals surface area contributed by atoms with E-state index in [4.69, 9.17) is 4.74 Å². The Balaban J connectivity index is 1.87. The first kappa shape index (κ1) is 43.1. The van der Waals surface area contributed by atoms with Crippen molar-refractivity contribution in [3.05, 3.63) is 30.2 Å². The van der Waals surface area contributed by atoms with Crippen molar-refractivity contribution in [1.82, 2.24) is 30.5 Å². The molecule has 1 aromatic heterocycles. The van der Waals surface area contributed by atoms with Crippen LogP contribution >= 0.6 is 11.3 Å². The van der Waals surface area contributed by atoms with Crippen LogP contribution in [-0.4, -0.2) is 111 Å². The van der Waals surface area contributed by atoms with E-state index in [1.807, 2.05) is 34.6 Å². The van der Waals surface area contributed by atoms with Crippen LogP contribution in [0.3, 0.4) is 0 Å². The first-order valence-corrected chi connectivity index (χ1v) is 20.5. The van der Waals surface area contributed by atoms with Gasteiger partial charge in [0, 0.05) is 39.3 Å². The lowest BCUT2D eigenvalue weighted by Gasteiger charge is -2.35. The summed E-state index contributed by atoms with van der Waals surface area (Å²) in [6.07, 6.45) is 6.08. The molecule has 4 N–H and O–H groups in total. The Morgan fingerprint density at radius 1 is 1.13 bits per heavy atom. The molecule has 2 aliphatic heterocycles. The average Bonchev–Trinajstić information content (AvgIpc) is 3.79. The maximum absolute atomic E-state index is 14.3. The molecule has 14 nitrogen and oxygen atoms in total. The average molecular weight is 767 g/mol. The van der Waals surface area contributed by atoms with Gasteiger partial charge >= 0.3 is 6.03 Å². The number of carbonyl (C=O) groups excluding carboxylic acids is 5. The van der Waals surface area contributed by atoms with Crippen molar-refractivity contribution in [2.24, 2.45) is 17.3 Å². The first-order chi connectivity index (χ1) is 24.5. The third kappa shape index (κ3) is 11.8. The molecule has 1 aromatic rings. The summed E-state index contributed by atoms with van der Waals surface area (Å²) in [6, 6.07) is -1.32. The largest absolute Gasteiger partial charge is 0.379 e. The third-order valence-electron chi connectivity index (χ3n) is 9.74. The van der Waals surface area contributed by atoms with Crippen LogP contribution in [0.4, 0.5) is 4.79 Å². The van der Waals surface area contributed by atoms with Crippen LogP contribution in [0, 0.1) is 17.3 Å². The Morgan fingerprint density at radius 3 is 2.46 bits per heavy atom. The number of hydrogen-bond donors (Lipinski definition) is 4. The minimum Gasteiger partial charge on any atom is -0.379 e. The Morgan fingerprint density at radius 2 is 1.83 bits per heavy atom. The quantitative estimate of drug-likeness (QED) is 0.196. The smallest absolute Gasteiger partial charge is 0.315 e. The molecule has 5 atom stereocenters. The summed E-state index contributed by atoms with van der Waals surface area (Å²) in [6.45, 7) is 13.7. The van der Waals surface area contributed by atoms with E-state index in [0.29, 0.717) is 19.4 Å². The molecule has 2 fully saturated rings. The second-order valence-electron chi connectivity index (χ2n) is 15.0. The van der Waals surface area contributed by atoms with Crippen molar-refractivity contribution in [2.45, 2.75) is 108 Å². The van der Waals surface area contributed by atoms with Crippen LogP contribution < -0.4 is 21.3 Å². The Labute approximate surface area is 312 Å². The van der Waals surface area contributed by atoms with E-state index in [-0.39, 0.29) is 48.7 Å². The number of likely N-dealkylation sites (N-methyl/N-ethyl adjacent to an activating group) is 1. The molecule has 292 valence electrons. The molecular formula is C36H58N6O8S2. The number of ether oxygens (including phenoxy) is 1. The van der Waals surface area contributed by atoms with Gasteiger partial charge in [0.1, 0.15) is 16.3 Å². The van der Waals surface area contributed by atoms with Gasteiger partial charge in [-0.2, -0.15) is 4.31 Å². The molecule has 2 saturated heterocycles. The number of nitrogens with one attached hydrogen (secondary N) is 4. The van der Waals surface area contributed by atoms with E-state index in [9.17, 15) is 32.4 Å². The zero-order valence-corrected chi connectivity index (χ0v) is 33.1. The van der Waals surface area contributed by atoms with Crippen molar-refractivity contribution in [3.63, 3.8) is 0 Å². The van der Waals surface area contributed by atoms with E-state index < -0.39 is 69.1 Å². The monoisotopic (exact) mass is 766 g/mol. The highest BCUT2D eigenvalue weighted by Crippen LogP contribution is 2.32. The molecule has 52 heavy (non-hydrogen) atoms. The van der Waals surface area contributed by atoms with Gasteiger partial charge in [-0.1, -0.05) is 72.4 Å². The van der Waals surface area contributed by atoms with Gasteiger partial charge in [0.25, 0.3) is 15.9 Å². The van der Waals surface area contributed by atoms with Gasteiger partial charge in [-0.25, -0.2) is 13.2 Å². The molecule has 0 bridgehead atoms. The molecule has 0 aliphatic carbocycles. The lowest BCUT2D eigenvalue weighted by molar-refractivity contribution is -0.144. The highest BCUT2D eigenvalue weighted by molar-refractivity contribution is 7.91. The maximum atomic E-state index is 14.3. The number of rotatable bonds is 11. The number of ketones is 1. The van der Waals surface area contributed by atoms with Gasteiger partial charge in [-0.15, -0.1) is 17.9 Å². The predicted octanol–water partition coefficient (Wildman–Crippen LogP) is 3.05. The zero-order valence-electron chi connectivity index (χ0n) is 31.4. The number of thiophene rings is 1. The van der Waals surface area contributed by atoms with Crippen molar-refractivity contribution in [2.75, 3.05) is 39.9 Å². The van der Waals surface area contributed by atoms with E-state index in [1.165, 1.54) is 28.4 Å². The fourth-order valence-electron chi connectivity index (χ4n) is 6.51. The van der Waals surface area contributed by atoms with Crippen LogP contribution in [0.1, 0.15) is 79.6 Å². The lowest BCUT2D eigenvalue weighted by Crippen LogP contribution is -2.61. The van der Waals surface area contributed by atoms with Crippen LogP contribution in [-0.2, 0) is 33.9 Å². The van der Waals surface area contributed by atoms with Crippen LogP contribution in [0.2, 0.25) is 0 Å². The normalized spacial score (nSPS) is 23.4. The van der Waals surface area contributed by atoms with Gasteiger partial charge < -0.3 is 30.9 Å². The van der Waals surface area contributed by atoms with Crippen molar-refractivity contribution >= 4 is 50.9 Å². The minimum atomic E-state index is -3.79. The second-order valence-corrected chi connectivity index (χ2v) is 18.3. The SMILES string of the molecule is C=CCNC(=O)C(=O)[C@@H]1CCCCCCCOC[C@H](NC(=O)N[C@H](CN(C)S(=O)(=O)c2cccs2)C(C)(C)C)C(=O)N2CC[C@H](C(C)C)[C@H]2C(=O)N1. The predicted molar refractivity (Wildman–Crippen MR) is 200 cm³/mol. The molecule has 0 radical (unpaired) electrons. The van der Waals surface area contributed by atoms with Crippen molar-refractivity contribution < 1.29 is 37.1 Å². The van der Waals surface area contributed by atoms with Crippen molar-refractivity contribution in [3.8, 4) is 0 Å². The molecule has 0 saturated carbocycles. The number of carbonyl (C=O) groups is 5. The summed E-state index contributed by atoms with van der Waals surface area (Å²) in [5.74, 6) is -2.84. The molecule has 3 heterocycles. The van der Waals surface area contributed by atoms with Gasteiger partial charge in [0.05, 0.1) is 12.6 Å². The van der Waals surface area contributed by atoms with E-state index in [2.05, 4.69) is 27.8 Å². The summed E-state index contributed by atoms with van der Waals surface area (Å²) in [5, 5.41) is 12.7. The summed E-state index contributed by atoms with van der Waals surface area (Å²) >= 11 is 1.11. The van der Waals surface area contributed by atoms with E-state index in [0.717, 1.165) is 37.0 Å². The maximum Gasteiger partial charge on any atom is 0.315 e. The van der Waals surface area contributed by atoms with Crippen molar-refractivity contribution in [1.29, 1.82) is 0 Å². The number of amides is 5. The first-order valence-electron chi connectivity index (χ1n) is 18.2. The highest BCUT2D eigenvalue weighted by Gasteiger charge is 2.46. The minimum absolute atomic E-state index is 0.00475. The van der Waals surface area contributed by atoms with Gasteiger partial charge in [-0.05, 0) is 48.0 Å². The Kier molecular flexibility index (Phi) is 16.3. The van der Waals surface area contributed by atoms with Crippen LogP contribution in [0.5, 0.6) is 0 Å². The fraction of sp³-hybridized carbons (Fsp3) is 0.694. The summed E-state index contributed by atoms with van der Waals surface area (Å²) in [4.78, 5) is 69.4. The zero-order chi connectivity index (χ0) is 38.6. The number of nitrogens with zero attached hydrogens (tertiary/aromatic N) is 2. The highest BCUT2D eigenvalue weighted by atomic mass is 32.2. The number of fused-ring (bicyclic) bond motifs is 1. The molecule has 2 aliphatic rings. The number of urea groups is 1. The van der Waals surface area contributed by atoms with Gasteiger partial charge in [0.15, 0.2) is 0 Å². The van der Waals surface area contributed by atoms with Crippen LogP contribution in [0.15, 0.2) is 34.4 Å². The molecular weight excluding hydrogens is 709 g/mol. The van der Waals surface area contributed by atoms with Crippen LogP contribution in [0.25, 0.3) is 0 Å². The third-order valence-corrected chi connectivity index (χ3v) is 12.9. The topological polar surface area (TPSA) is 183 Å². The molecule has 0 spiro atoms. The van der Waals surface area contributed by atoms with Gasteiger partial charge in [-0.3, -0.25) is 19.2 Å². The van der Waals surface area contributed by atoms with E-state index in [1.54, 1.807) is 11.4 Å². The number of Topliss-reactive ketones (excluding diaryl/α,β-unsaturated/α-hetero) is 1. The molecule has 16 heteroatoms. The number of hydrogen-bond acceptors (Lipinski definition) is 9. The molecule has 0 aromatic carbocycles. The standard InChI is InChI=1S/C36H58N6O8S2/c1-8-18-37-33(45)31(43)26-15-12-10-9-11-13-20-50-23-27(34(46)42-19-17-25(24(2)3)30(42)32(44)38-26)39-35(47)40-28(36(4,5)6)22-41(7)52(48,49)29-16-14-21-51-29/h8,14,16,21,24-28,30H,1,9-13,15,17-20,22-23H2,2-7H3,(H,37,45)(H,38,44)(H2,39,40,47)/t25-,26+,27+,28-,30+/m1/s1. The summed E-state index contributed by atoms with van der Waals surface area (Å²) in [7, 11) is -2.33.